The van der Waals surface area contributed by atoms with Crippen molar-refractivity contribution in [3.8, 4) is 0 Å². The molecule has 0 heterocycles. The first-order valence-corrected chi connectivity index (χ1v) is 2.84. The van der Waals surface area contributed by atoms with E-state index in [0.717, 1.165) is 0 Å². The molecule has 0 aromatic carbocycles. The molecule has 1 rings (SSSR count). The molecule has 0 radical (unpaired) electrons. The molecule has 0 bridgehead atoms. The number of hydrogen-bond acceptors (Lipinski definition) is 3. The van der Waals surface area contributed by atoms with E-state index in [-0.39, 0.29) is 11.5 Å². The molecule has 0 unspecified atom stereocenters. The number of nitrogens with one attached hydrogen (secondary N) is 1. The van der Waals surface area contributed by atoms with Crippen LogP contribution in [0, 0.1) is 5.41 Å². The summed E-state index contributed by atoms with van der Waals surface area (Å²) < 4.78 is 0. The van der Waals surface area contributed by atoms with Gasteiger partial charge in [0.05, 0.1) is 0 Å². The van der Waals surface area contributed by atoms with Crippen molar-refractivity contribution in [3.05, 3.63) is 35.8 Å². The van der Waals surface area contributed by atoms with Crippen molar-refractivity contribution in [2.45, 2.75) is 0 Å². The van der Waals surface area contributed by atoms with Crippen molar-refractivity contribution in [3.63, 3.8) is 0 Å². The van der Waals surface area contributed by atoms with Crippen LogP contribution in [0.25, 0.3) is 0 Å². The lowest BCUT2D eigenvalue weighted by Crippen LogP contribution is -2.07. The van der Waals surface area contributed by atoms with E-state index < -0.39 is 0 Å². The zero-order chi connectivity index (χ0) is 7.56. The standard InChI is InChI=1S/C7H8N2O/c8-4-5-2-1-3-6(10)7(5)9/h1-4,9-10H,8H2/b5-4-,9-7?. The Kier molecular flexibility index (Phi) is 1.58. The molecule has 0 aromatic heterocycles. The molecule has 4 N–H and O–H groups in total. The Hall–Kier alpha value is -1.51. The summed E-state index contributed by atoms with van der Waals surface area (Å²) in [6, 6.07) is 0. The van der Waals surface area contributed by atoms with Gasteiger partial charge in [0.1, 0.15) is 11.5 Å². The minimum Gasteiger partial charge on any atom is -0.506 e. The molecule has 1 aliphatic carbocycles. The maximum absolute atomic E-state index is 8.97. The third-order valence-electron chi connectivity index (χ3n) is 1.25. The first kappa shape index (κ1) is 6.61. The van der Waals surface area contributed by atoms with Crippen molar-refractivity contribution in [2.75, 3.05) is 0 Å². The van der Waals surface area contributed by atoms with Crippen molar-refractivity contribution in [1.82, 2.24) is 0 Å². The van der Waals surface area contributed by atoms with Gasteiger partial charge in [-0.3, -0.25) is 5.41 Å². The predicted octanol–water partition coefficient (Wildman–Crippen LogP) is 0.860. The highest BCUT2D eigenvalue weighted by molar-refractivity contribution is 6.11. The number of aliphatic hydroxyl groups is 1. The number of aliphatic hydroxyl groups excluding tert-OH is 1. The van der Waals surface area contributed by atoms with Crippen LogP contribution in [-0.4, -0.2) is 10.8 Å². The first-order chi connectivity index (χ1) is 4.75. The van der Waals surface area contributed by atoms with Crippen LogP contribution in [0.5, 0.6) is 0 Å². The Morgan fingerprint density at radius 1 is 1.60 bits per heavy atom. The zero-order valence-electron chi connectivity index (χ0n) is 5.33. The van der Waals surface area contributed by atoms with Crippen LogP contribution < -0.4 is 5.73 Å². The number of rotatable bonds is 0. The maximum atomic E-state index is 8.97. The Balaban J connectivity index is 3.00. The van der Waals surface area contributed by atoms with E-state index in [2.05, 4.69) is 0 Å². The second-order valence-corrected chi connectivity index (χ2v) is 1.91. The van der Waals surface area contributed by atoms with Crippen molar-refractivity contribution in [2.24, 2.45) is 5.73 Å². The summed E-state index contributed by atoms with van der Waals surface area (Å²) in [6.45, 7) is 0. The Morgan fingerprint density at radius 2 is 2.30 bits per heavy atom. The second kappa shape index (κ2) is 2.39. The molecule has 1 aliphatic rings. The van der Waals surface area contributed by atoms with Gasteiger partial charge in [-0.1, -0.05) is 12.2 Å². The Bertz CT molecular complexity index is 248. The highest BCUT2D eigenvalue weighted by atomic mass is 16.3. The average molecular weight is 136 g/mol. The number of hydrogen-bond donors (Lipinski definition) is 3. The summed E-state index contributed by atoms with van der Waals surface area (Å²) in [6.07, 6.45) is 6.06. The third kappa shape index (κ3) is 0.932. The molecule has 0 aliphatic heterocycles. The first-order valence-electron chi connectivity index (χ1n) is 2.84. The molecule has 3 heteroatoms. The van der Waals surface area contributed by atoms with Crippen LogP contribution in [0.2, 0.25) is 0 Å². The van der Waals surface area contributed by atoms with E-state index in [1.54, 1.807) is 12.2 Å². The highest BCUT2D eigenvalue weighted by Crippen LogP contribution is 2.09. The van der Waals surface area contributed by atoms with Crippen LogP contribution >= 0.6 is 0 Å². The maximum Gasteiger partial charge on any atom is 0.141 e. The molecular formula is C7H8N2O. The van der Waals surface area contributed by atoms with E-state index >= 15 is 0 Å². The fourth-order valence-corrected chi connectivity index (χ4v) is 0.696. The van der Waals surface area contributed by atoms with Crippen LogP contribution in [-0.2, 0) is 0 Å². The van der Waals surface area contributed by atoms with Gasteiger partial charge in [0.2, 0.25) is 0 Å². The lowest BCUT2D eigenvalue weighted by atomic mass is 10.1. The zero-order valence-corrected chi connectivity index (χ0v) is 5.33. The minimum absolute atomic E-state index is 0.0424. The van der Waals surface area contributed by atoms with Crippen molar-refractivity contribution >= 4 is 5.71 Å². The van der Waals surface area contributed by atoms with Gasteiger partial charge in [0.15, 0.2) is 0 Å². The van der Waals surface area contributed by atoms with Gasteiger partial charge in [-0.05, 0) is 6.08 Å². The van der Waals surface area contributed by atoms with Crippen LogP contribution in [0.15, 0.2) is 35.8 Å². The summed E-state index contributed by atoms with van der Waals surface area (Å²) in [5.74, 6) is -0.0424. The predicted molar refractivity (Wildman–Crippen MR) is 39.8 cm³/mol. The van der Waals surface area contributed by atoms with Gasteiger partial charge in [0.25, 0.3) is 0 Å². The van der Waals surface area contributed by atoms with Crippen LogP contribution in [0.3, 0.4) is 0 Å². The molecule has 52 valence electrons. The molecule has 0 aromatic rings. The van der Waals surface area contributed by atoms with E-state index in [4.69, 9.17) is 16.2 Å². The Morgan fingerprint density at radius 3 is 2.80 bits per heavy atom. The SMILES string of the molecule is N=C1C(O)=CC=C/C1=C/N. The third-order valence-corrected chi connectivity index (χ3v) is 1.25. The monoisotopic (exact) mass is 136 g/mol. The van der Waals surface area contributed by atoms with E-state index in [1.807, 2.05) is 0 Å². The van der Waals surface area contributed by atoms with Gasteiger partial charge in [0, 0.05) is 11.8 Å². The highest BCUT2D eigenvalue weighted by Gasteiger charge is 2.08. The molecule has 10 heavy (non-hydrogen) atoms. The number of allylic oxidation sites excluding steroid dienone is 4. The Labute approximate surface area is 58.7 Å². The lowest BCUT2D eigenvalue weighted by molar-refractivity contribution is 0.442. The summed E-state index contributed by atoms with van der Waals surface area (Å²) >= 11 is 0. The van der Waals surface area contributed by atoms with Gasteiger partial charge in [-0.25, -0.2) is 0 Å². The molecule has 0 saturated heterocycles. The fraction of sp³-hybridized carbons (Fsp3) is 0. The van der Waals surface area contributed by atoms with E-state index in [1.165, 1.54) is 12.3 Å². The molecule has 0 amide bonds. The van der Waals surface area contributed by atoms with Gasteiger partial charge >= 0.3 is 0 Å². The van der Waals surface area contributed by atoms with Gasteiger partial charge in [-0.2, -0.15) is 0 Å². The van der Waals surface area contributed by atoms with E-state index in [9.17, 15) is 0 Å². The van der Waals surface area contributed by atoms with Crippen LogP contribution in [0.4, 0.5) is 0 Å². The summed E-state index contributed by atoms with van der Waals surface area (Å²) in [5, 5.41) is 16.2. The molecule has 0 atom stereocenters. The topological polar surface area (TPSA) is 70.1 Å². The van der Waals surface area contributed by atoms with Crippen LogP contribution in [0.1, 0.15) is 0 Å². The average Bonchev–Trinajstić information content (AvgIpc) is 1.95. The minimum atomic E-state index is -0.0424. The van der Waals surface area contributed by atoms with E-state index in [0.29, 0.717) is 5.57 Å². The van der Waals surface area contributed by atoms with Crippen molar-refractivity contribution in [1.29, 1.82) is 5.41 Å². The summed E-state index contributed by atoms with van der Waals surface area (Å²) in [7, 11) is 0. The second-order valence-electron chi connectivity index (χ2n) is 1.91. The lowest BCUT2D eigenvalue weighted by Gasteiger charge is -2.05. The molecule has 3 nitrogen and oxygen atoms in total. The molecule has 0 saturated carbocycles. The molecule has 0 spiro atoms. The number of nitrogens with two attached hydrogens (primary N) is 1. The smallest absolute Gasteiger partial charge is 0.141 e. The molecular weight excluding hydrogens is 128 g/mol. The summed E-state index contributed by atoms with van der Waals surface area (Å²) in [4.78, 5) is 0. The quantitative estimate of drug-likeness (QED) is 0.462. The van der Waals surface area contributed by atoms with Crippen molar-refractivity contribution < 1.29 is 5.11 Å². The normalized spacial score (nSPS) is 21.4. The molecule has 0 fully saturated rings. The van der Waals surface area contributed by atoms with Gasteiger partial charge < -0.3 is 10.8 Å². The summed E-state index contributed by atoms with van der Waals surface area (Å²) in [5.41, 5.74) is 5.78. The van der Waals surface area contributed by atoms with Gasteiger partial charge in [-0.15, -0.1) is 0 Å². The fourth-order valence-electron chi connectivity index (χ4n) is 0.696. The largest absolute Gasteiger partial charge is 0.506 e.